The Morgan fingerprint density at radius 1 is 1.07 bits per heavy atom. The maximum absolute atomic E-state index is 12.5. The first-order valence-electron chi connectivity index (χ1n) is 8.69. The summed E-state index contributed by atoms with van der Waals surface area (Å²) >= 11 is 0. The van der Waals surface area contributed by atoms with E-state index in [9.17, 15) is 9.59 Å². The Hall–Kier alpha value is -2.90. The molecule has 0 radical (unpaired) electrons. The standard InChI is InChI=1S/C19H26N2O6/c1-6-7-8-12-15(18(22)27-5)16(21-19(23)20-12)11-9-13(24-2)17(26-4)14(10-11)25-3/h9-10,16H,6-8H2,1-5H3,(H2,20,21,23). The molecule has 0 saturated heterocycles. The summed E-state index contributed by atoms with van der Waals surface area (Å²) in [5, 5.41) is 5.52. The maximum Gasteiger partial charge on any atom is 0.337 e. The van der Waals surface area contributed by atoms with Crippen LogP contribution in [0.3, 0.4) is 0 Å². The molecule has 1 aliphatic heterocycles. The van der Waals surface area contributed by atoms with Crippen LogP contribution in [0.1, 0.15) is 37.8 Å². The van der Waals surface area contributed by atoms with Gasteiger partial charge < -0.3 is 29.6 Å². The Morgan fingerprint density at radius 2 is 1.70 bits per heavy atom. The van der Waals surface area contributed by atoms with Gasteiger partial charge in [-0.05, 0) is 30.5 Å². The van der Waals surface area contributed by atoms with Gasteiger partial charge in [-0.15, -0.1) is 0 Å². The third-order valence-electron chi connectivity index (χ3n) is 4.36. The third kappa shape index (κ3) is 4.27. The molecule has 1 aromatic carbocycles. The molecule has 0 fully saturated rings. The van der Waals surface area contributed by atoms with Crippen molar-refractivity contribution in [3.05, 3.63) is 29.0 Å². The van der Waals surface area contributed by atoms with Gasteiger partial charge in [0, 0.05) is 5.70 Å². The minimum absolute atomic E-state index is 0.361. The van der Waals surface area contributed by atoms with Crippen LogP contribution in [0, 0.1) is 0 Å². The van der Waals surface area contributed by atoms with E-state index >= 15 is 0 Å². The Morgan fingerprint density at radius 3 is 2.19 bits per heavy atom. The lowest BCUT2D eigenvalue weighted by Crippen LogP contribution is -2.45. The molecule has 0 bridgehead atoms. The van der Waals surface area contributed by atoms with E-state index in [2.05, 4.69) is 10.6 Å². The van der Waals surface area contributed by atoms with Crippen LogP contribution in [-0.4, -0.2) is 40.4 Å². The van der Waals surface area contributed by atoms with Gasteiger partial charge in [-0.2, -0.15) is 0 Å². The maximum atomic E-state index is 12.5. The average Bonchev–Trinajstić information content (AvgIpc) is 2.69. The molecule has 1 unspecified atom stereocenters. The quantitative estimate of drug-likeness (QED) is 0.676. The number of amides is 2. The fraction of sp³-hybridized carbons (Fsp3) is 0.474. The predicted octanol–water partition coefficient (Wildman–Crippen LogP) is 2.68. The van der Waals surface area contributed by atoms with Crippen molar-refractivity contribution in [1.82, 2.24) is 10.6 Å². The third-order valence-corrected chi connectivity index (χ3v) is 4.36. The van der Waals surface area contributed by atoms with E-state index in [1.165, 1.54) is 28.4 Å². The molecule has 1 heterocycles. The second kappa shape index (κ2) is 9.16. The molecule has 1 aliphatic rings. The zero-order valence-corrected chi connectivity index (χ0v) is 16.3. The highest BCUT2D eigenvalue weighted by atomic mass is 16.5. The first-order chi connectivity index (χ1) is 13.0. The van der Waals surface area contributed by atoms with Gasteiger partial charge in [0.05, 0.1) is 40.1 Å². The number of nitrogens with one attached hydrogen (secondary N) is 2. The van der Waals surface area contributed by atoms with Gasteiger partial charge in [0.2, 0.25) is 5.75 Å². The Bertz CT molecular complexity index is 719. The van der Waals surface area contributed by atoms with Gasteiger partial charge in [0.25, 0.3) is 0 Å². The lowest BCUT2D eigenvalue weighted by atomic mass is 9.93. The molecule has 0 aliphatic carbocycles. The fourth-order valence-corrected chi connectivity index (χ4v) is 3.04. The predicted molar refractivity (Wildman–Crippen MR) is 99.1 cm³/mol. The first-order valence-corrected chi connectivity index (χ1v) is 8.69. The molecular formula is C19H26N2O6. The van der Waals surface area contributed by atoms with Crippen molar-refractivity contribution in [1.29, 1.82) is 0 Å². The van der Waals surface area contributed by atoms with Gasteiger partial charge in [-0.1, -0.05) is 13.3 Å². The second-order valence-electron chi connectivity index (χ2n) is 5.98. The van der Waals surface area contributed by atoms with E-state index in [1.807, 2.05) is 6.92 Å². The molecule has 8 nitrogen and oxygen atoms in total. The zero-order valence-electron chi connectivity index (χ0n) is 16.3. The van der Waals surface area contributed by atoms with E-state index < -0.39 is 12.0 Å². The number of allylic oxidation sites excluding steroid dienone is 1. The summed E-state index contributed by atoms with van der Waals surface area (Å²) in [5.74, 6) is 0.782. The molecule has 2 N–H and O–H groups in total. The van der Waals surface area contributed by atoms with E-state index in [1.54, 1.807) is 12.1 Å². The Kier molecular flexibility index (Phi) is 6.92. The lowest BCUT2D eigenvalue weighted by molar-refractivity contribution is -0.136. The SMILES string of the molecule is CCCCC1=C(C(=O)OC)C(c2cc(OC)c(OC)c(OC)c2)NC(=O)N1. The van der Waals surface area contributed by atoms with Gasteiger partial charge in [-0.3, -0.25) is 0 Å². The fourth-order valence-electron chi connectivity index (χ4n) is 3.04. The summed E-state index contributed by atoms with van der Waals surface area (Å²) in [4.78, 5) is 24.7. The number of unbranched alkanes of at least 4 members (excludes halogenated alkanes) is 1. The first kappa shape index (κ1) is 20.4. The molecule has 0 aromatic heterocycles. The summed E-state index contributed by atoms with van der Waals surface area (Å²) in [7, 11) is 5.84. The summed E-state index contributed by atoms with van der Waals surface area (Å²) in [6.45, 7) is 2.04. The minimum Gasteiger partial charge on any atom is -0.493 e. The number of esters is 1. The number of urea groups is 1. The van der Waals surface area contributed by atoms with Gasteiger partial charge in [0.1, 0.15) is 0 Å². The molecule has 148 valence electrons. The van der Waals surface area contributed by atoms with E-state index in [4.69, 9.17) is 18.9 Å². The highest BCUT2D eigenvalue weighted by Crippen LogP contribution is 2.41. The number of carbonyl (C=O) groups is 2. The summed E-state index contributed by atoms with van der Waals surface area (Å²) < 4.78 is 21.1. The number of carbonyl (C=O) groups excluding carboxylic acids is 2. The molecule has 1 atom stereocenters. The molecule has 1 aromatic rings. The van der Waals surface area contributed by atoms with Gasteiger partial charge in [0.15, 0.2) is 11.5 Å². The minimum atomic E-state index is -0.702. The van der Waals surface area contributed by atoms with Crippen molar-refractivity contribution < 1.29 is 28.5 Å². The highest BCUT2D eigenvalue weighted by molar-refractivity contribution is 5.95. The molecule has 2 rings (SSSR count). The topological polar surface area (TPSA) is 95.1 Å². The average molecular weight is 378 g/mol. The zero-order chi connectivity index (χ0) is 20.0. The number of hydrogen-bond acceptors (Lipinski definition) is 6. The van der Waals surface area contributed by atoms with Crippen molar-refractivity contribution in [3.63, 3.8) is 0 Å². The van der Waals surface area contributed by atoms with E-state index in [0.717, 1.165) is 12.8 Å². The molecular weight excluding hydrogens is 352 g/mol. The van der Waals surface area contributed by atoms with Crippen molar-refractivity contribution in [3.8, 4) is 17.2 Å². The van der Waals surface area contributed by atoms with Crippen LogP contribution in [0.15, 0.2) is 23.4 Å². The Balaban J connectivity index is 2.62. The van der Waals surface area contributed by atoms with Crippen LogP contribution in [0.5, 0.6) is 17.2 Å². The van der Waals surface area contributed by atoms with Crippen molar-refractivity contribution in [2.75, 3.05) is 28.4 Å². The smallest absolute Gasteiger partial charge is 0.337 e. The highest BCUT2D eigenvalue weighted by Gasteiger charge is 2.34. The normalized spacial score (nSPS) is 16.3. The lowest BCUT2D eigenvalue weighted by Gasteiger charge is -2.30. The van der Waals surface area contributed by atoms with Crippen molar-refractivity contribution in [2.24, 2.45) is 0 Å². The van der Waals surface area contributed by atoms with Crippen LogP contribution in [-0.2, 0) is 9.53 Å². The van der Waals surface area contributed by atoms with E-state index in [0.29, 0.717) is 40.5 Å². The Labute approximate surface area is 158 Å². The van der Waals surface area contributed by atoms with Crippen LogP contribution in [0.25, 0.3) is 0 Å². The number of hydrogen-bond donors (Lipinski definition) is 2. The molecule has 0 saturated carbocycles. The molecule has 0 spiro atoms. The molecule has 2 amide bonds. The number of ether oxygens (including phenoxy) is 4. The van der Waals surface area contributed by atoms with Crippen LogP contribution in [0.4, 0.5) is 4.79 Å². The largest absolute Gasteiger partial charge is 0.493 e. The number of rotatable bonds is 8. The van der Waals surface area contributed by atoms with Crippen LogP contribution < -0.4 is 24.8 Å². The second-order valence-corrected chi connectivity index (χ2v) is 5.98. The van der Waals surface area contributed by atoms with Crippen LogP contribution in [0.2, 0.25) is 0 Å². The monoisotopic (exact) mass is 378 g/mol. The van der Waals surface area contributed by atoms with Gasteiger partial charge >= 0.3 is 12.0 Å². The number of benzene rings is 1. The van der Waals surface area contributed by atoms with Gasteiger partial charge in [-0.25, -0.2) is 9.59 Å². The van der Waals surface area contributed by atoms with Crippen LogP contribution >= 0.6 is 0 Å². The summed E-state index contributed by atoms with van der Waals surface area (Å²) in [6.07, 6.45) is 2.32. The summed E-state index contributed by atoms with van der Waals surface area (Å²) in [5.41, 5.74) is 1.54. The van der Waals surface area contributed by atoms with Crippen molar-refractivity contribution in [2.45, 2.75) is 32.2 Å². The molecule has 27 heavy (non-hydrogen) atoms. The van der Waals surface area contributed by atoms with E-state index in [-0.39, 0.29) is 6.03 Å². The van der Waals surface area contributed by atoms with Crippen molar-refractivity contribution >= 4 is 12.0 Å². The number of methoxy groups -OCH3 is 4. The molecule has 8 heteroatoms. The summed E-state index contributed by atoms with van der Waals surface area (Å²) in [6, 6.07) is 2.33.